The first-order valence-electron chi connectivity index (χ1n) is 18.9. The Morgan fingerprint density at radius 3 is 1.31 bits per heavy atom. The summed E-state index contributed by atoms with van der Waals surface area (Å²) in [5, 5.41) is 22.0. The summed E-state index contributed by atoms with van der Waals surface area (Å²) in [5.74, 6) is 0. The van der Waals surface area contributed by atoms with Crippen LogP contribution < -0.4 is 11.1 Å². The number of imidazole rings is 2. The van der Waals surface area contributed by atoms with Crippen LogP contribution in [0.3, 0.4) is 0 Å². The molecule has 2 fully saturated rings. The lowest BCUT2D eigenvalue weighted by molar-refractivity contribution is -0.138. The van der Waals surface area contributed by atoms with E-state index in [0.717, 1.165) is 0 Å². The topological polar surface area (TPSA) is 223 Å². The van der Waals surface area contributed by atoms with Gasteiger partial charge in [0.15, 0.2) is 34.8 Å². The molecule has 300 valence electrons. The Morgan fingerprint density at radius 1 is 0.648 bits per heavy atom. The van der Waals surface area contributed by atoms with Crippen LogP contribution in [0.5, 0.6) is 0 Å². The van der Waals surface area contributed by atoms with Crippen LogP contribution >= 0.6 is 0 Å². The van der Waals surface area contributed by atoms with E-state index < -0.39 is 82.6 Å². The van der Waals surface area contributed by atoms with E-state index in [9.17, 15) is 19.8 Å². The van der Waals surface area contributed by atoms with Gasteiger partial charge in [-0.3, -0.25) is 18.7 Å². The van der Waals surface area contributed by atoms with Gasteiger partial charge in [0.2, 0.25) is 0 Å². The zero-order valence-corrected chi connectivity index (χ0v) is 33.0. The molecular formula is C36H56N8O10. The Morgan fingerprint density at radius 2 is 1.00 bits per heavy atom. The van der Waals surface area contributed by atoms with Crippen molar-refractivity contribution in [3.05, 3.63) is 46.0 Å². The number of aliphatic hydroxyl groups is 2. The summed E-state index contributed by atoms with van der Waals surface area (Å²) in [4.78, 5) is 44.9. The smallest absolute Gasteiger partial charge is 0.278 e. The number of hydrogen-bond acceptors (Lipinski definition) is 14. The van der Waals surface area contributed by atoms with Crippen LogP contribution in [0.15, 0.2) is 34.9 Å². The maximum atomic E-state index is 12.0. The Hall–Kier alpha value is -3.62. The normalized spacial score (nSPS) is 27.3. The van der Waals surface area contributed by atoms with Crippen molar-refractivity contribution in [2.24, 2.45) is 0 Å². The molecule has 4 N–H and O–H groups in total. The minimum absolute atomic E-state index is 0.0194. The van der Waals surface area contributed by atoms with E-state index in [4.69, 9.17) is 31.2 Å². The van der Waals surface area contributed by atoms with E-state index in [0.29, 0.717) is 0 Å². The average Bonchev–Trinajstić information content (AvgIpc) is 3.75. The van der Waals surface area contributed by atoms with Crippen LogP contribution in [-0.4, -0.2) is 121 Å². The Balaban J connectivity index is 0.000000214. The minimum atomic E-state index is -1.10. The molecule has 0 spiro atoms. The first-order chi connectivity index (χ1) is 25.7. The van der Waals surface area contributed by atoms with E-state index in [1.807, 2.05) is 83.1 Å². The molecule has 18 nitrogen and oxygen atoms in total. The van der Waals surface area contributed by atoms with Gasteiger partial charge in [-0.25, -0.2) is 19.9 Å². The van der Waals surface area contributed by atoms with Crippen molar-refractivity contribution >= 4 is 22.3 Å². The van der Waals surface area contributed by atoms with Crippen LogP contribution in [0, 0.1) is 0 Å². The standard InChI is InChI=1S/2C18H28N4O5/c2*1-17(2,3)25-7-10-13(27-18(4,5)6)12(23)16(26-10)22-9-21-11-14(22)19-8-20-15(11)24/h2*8-10,12-13,16,23H,7H2,1-6H3,(H,19,20,24)/t2*10?,12?,13-,16?/m11/s1/i9+1D;9D. The van der Waals surface area contributed by atoms with Crippen molar-refractivity contribution in [1.29, 1.82) is 0 Å². The van der Waals surface area contributed by atoms with Crippen molar-refractivity contribution in [1.82, 2.24) is 39.0 Å². The molecule has 6 heterocycles. The second-order valence-corrected chi connectivity index (χ2v) is 17.3. The number of rotatable bonds is 8. The Kier molecular flexibility index (Phi) is 11.1. The molecule has 6 unspecified atom stereocenters. The summed E-state index contributed by atoms with van der Waals surface area (Å²) in [7, 11) is 0. The summed E-state index contributed by atoms with van der Waals surface area (Å²) in [6.45, 7) is 23.3. The average molecular weight is 764 g/mol. The molecule has 8 atom stereocenters. The fraction of sp³-hybridized carbons (Fsp3) is 0.722. The third-order valence-electron chi connectivity index (χ3n) is 8.08. The highest BCUT2D eigenvalue weighted by Gasteiger charge is 2.49. The molecule has 0 aliphatic carbocycles. The van der Waals surface area contributed by atoms with Crippen molar-refractivity contribution in [3.8, 4) is 0 Å². The molecule has 2 aliphatic rings. The number of ether oxygens (including phenoxy) is 6. The quantitative estimate of drug-likeness (QED) is 0.203. The Labute approximate surface area is 316 Å². The van der Waals surface area contributed by atoms with E-state index in [1.165, 1.54) is 21.8 Å². The molecule has 0 aromatic carbocycles. The largest absolute Gasteiger partial charge is 0.386 e. The molecule has 4 aromatic heterocycles. The summed E-state index contributed by atoms with van der Waals surface area (Å²) in [5.41, 5.74) is -2.38. The van der Waals surface area contributed by atoms with Crippen molar-refractivity contribution in [2.45, 2.75) is 155 Å². The maximum absolute atomic E-state index is 12.0. The monoisotopic (exact) mass is 763 g/mol. The zero-order valence-electron chi connectivity index (χ0n) is 35.0. The minimum Gasteiger partial charge on any atom is -0.386 e. The number of aliphatic hydroxyl groups excluding tert-OH is 2. The first kappa shape index (κ1) is 38.6. The SMILES string of the molecule is [2H][13c]1nc2c(=O)[nH]cnc2n1C1OC(COC(C)(C)C)[C@@H](OC(C)(C)C)C1O.[2H]c1nc2c(=O)[nH]cnc2n1C1OC(COC(C)(C)C)[C@@H](OC(C)(C)C)C1O. The predicted molar refractivity (Wildman–Crippen MR) is 197 cm³/mol. The van der Waals surface area contributed by atoms with Gasteiger partial charge in [0.1, 0.15) is 39.4 Å². The number of H-pyrrole nitrogens is 2. The van der Waals surface area contributed by atoms with Gasteiger partial charge in [0, 0.05) is 0 Å². The van der Waals surface area contributed by atoms with Crippen molar-refractivity contribution in [2.75, 3.05) is 13.2 Å². The molecule has 0 bridgehead atoms. The van der Waals surface area contributed by atoms with Crippen molar-refractivity contribution in [3.63, 3.8) is 0 Å². The summed E-state index contributed by atoms with van der Waals surface area (Å²) in [6, 6.07) is 0. The molecule has 18 heteroatoms. The van der Waals surface area contributed by atoms with E-state index in [2.05, 4.69) is 29.9 Å². The molecule has 0 amide bonds. The van der Waals surface area contributed by atoms with Crippen LogP contribution in [0.4, 0.5) is 0 Å². The lowest BCUT2D eigenvalue weighted by atomic mass is 10.1. The lowest BCUT2D eigenvalue weighted by Crippen LogP contribution is -2.42. The molecule has 0 saturated carbocycles. The summed E-state index contributed by atoms with van der Waals surface area (Å²) >= 11 is 0. The fourth-order valence-electron chi connectivity index (χ4n) is 5.88. The van der Waals surface area contributed by atoms with Crippen LogP contribution in [0.2, 0.25) is 0 Å². The molecule has 6 rings (SSSR count). The number of fused-ring (bicyclic) bond motifs is 2. The lowest BCUT2D eigenvalue weighted by Gasteiger charge is -2.30. The summed E-state index contributed by atoms with van der Waals surface area (Å²) < 4.78 is 54.9. The maximum Gasteiger partial charge on any atom is 0.278 e. The predicted octanol–water partition coefficient (Wildman–Crippen LogP) is 2.75. The number of nitrogens with one attached hydrogen (secondary N) is 2. The van der Waals surface area contributed by atoms with E-state index in [1.54, 1.807) is 0 Å². The van der Waals surface area contributed by atoms with E-state index >= 15 is 0 Å². The summed E-state index contributed by atoms with van der Waals surface area (Å²) in [6.07, 6.45) is -4.68. The molecule has 2 aliphatic heterocycles. The van der Waals surface area contributed by atoms with Crippen LogP contribution in [0.25, 0.3) is 22.3 Å². The Bertz CT molecular complexity index is 1940. The van der Waals surface area contributed by atoms with Gasteiger partial charge >= 0.3 is 0 Å². The zero-order chi connectivity index (χ0) is 41.7. The van der Waals surface area contributed by atoms with Gasteiger partial charge in [-0.2, -0.15) is 0 Å². The number of aromatic nitrogens is 8. The van der Waals surface area contributed by atoms with Gasteiger partial charge < -0.3 is 48.6 Å². The number of nitrogens with zero attached hydrogens (tertiary/aromatic N) is 6. The molecule has 0 radical (unpaired) electrons. The molecule has 4 aromatic rings. The first-order valence-corrected chi connectivity index (χ1v) is 17.9. The van der Waals surface area contributed by atoms with Crippen LogP contribution in [-0.2, 0) is 28.4 Å². The van der Waals surface area contributed by atoms with Crippen molar-refractivity contribution < 1.29 is 41.4 Å². The van der Waals surface area contributed by atoms with E-state index in [-0.39, 0.29) is 48.1 Å². The highest BCUT2D eigenvalue weighted by atomic mass is 16.6. The molecule has 2 saturated heterocycles. The van der Waals surface area contributed by atoms with Gasteiger partial charge in [-0.05, 0) is 83.1 Å². The van der Waals surface area contributed by atoms with Gasteiger partial charge in [-0.1, -0.05) is 0 Å². The highest BCUT2D eigenvalue weighted by Crippen LogP contribution is 2.37. The highest BCUT2D eigenvalue weighted by molar-refractivity contribution is 5.69. The fourth-order valence-corrected chi connectivity index (χ4v) is 5.88. The number of hydrogen-bond donors (Lipinski definition) is 4. The second-order valence-electron chi connectivity index (χ2n) is 17.3. The molecule has 54 heavy (non-hydrogen) atoms. The number of aromatic amines is 2. The third-order valence-corrected chi connectivity index (χ3v) is 8.08. The van der Waals surface area contributed by atoms with Gasteiger partial charge in [0.05, 0.1) is 60.9 Å². The third kappa shape index (κ3) is 9.97. The van der Waals surface area contributed by atoms with Crippen LogP contribution in [0.1, 0.15) is 98.3 Å². The second kappa shape index (κ2) is 15.5. The van der Waals surface area contributed by atoms with Gasteiger partial charge in [0.25, 0.3) is 11.1 Å². The van der Waals surface area contributed by atoms with Gasteiger partial charge in [-0.15, -0.1) is 0 Å². The molecular weight excluding hydrogens is 705 g/mol.